The minimum Gasteiger partial charge on any atom is -0.352 e. The lowest BCUT2D eigenvalue weighted by molar-refractivity contribution is 0.812. The largest absolute Gasteiger partial charge is 0.352 e. The molecule has 0 saturated heterocycles. The van der Waals surface area contributed by atoms with E-state index in [2.05, 4.69) is 69.8 Å². The average Bonchev–Trinajstić information content (AvgIpc) is 2.78. The van der Waals surface area contributed by atoms with Crippen molar-refractivity contribution >= 4 is 34.3 Å². The SMILES string of the molecule is C1=Cc2cnc(Nc3ccccc3)nc2N(CCc2ccc3ccccc3c2)C1. The number of rotatable bonds is 5. The molecule has 0 radical (unpaired) electrons. The highest BCUT2D eigenvalue weighted by atomic mass is 15.2. The van der Waals surface area contributed by atoms with Gasteiger partial charge in [0.05, 0.1) is 0 Å². The Morgan fingerprint density at radius 2 is 1.72 bits per heavy atom. The fourth-order valence-electron chi connectivity index (χ4n) is 3.71. The molecule has 1 N–H and O–H groups in total. The third-order valence-electron chi connectivity index (χ3n) is 5.23. The number of benzene rings is 3. The van der Waals surface area contributed by atoms with Crippen LogP contribution in [0.5, 0.6) is 0 Å². The molecule has 0 bridgehead atoms. The molecule has 4 nitrogen and oxygen atoms in total. The molecule has 1 aromatic heterocycles. The summed E-state index contributed by atoms with van der Waals surface area (Å²) in [5.74, 6) is 1.61. The number of aromatic nitrogens is 2. The van der Waals surface area contributed by atoms with E-state index in [9.17, 15) is 0 Å². The number of anilines is 3. The van der Waals surface area contributed by atoms with E-state index in [1.165, 1.54) is 16.3 Å². The smallest absolute Gasteiger partial charge is 0.229 e. The van der Waals surface area contributed by atoms with E-state index >= 15 is 0 Å². The Kier molecular flexibility index (Phi) is 4.67. The van der Waals surface area contributed by atoms with Gasteiger partial charge in [-0.2, -0.15) is 4.98 Å². The molecule has 0 fully saturated rings. The van der Waals surface area contributed by atoms with Gasteiger partial charge in [-0.3, -0.25) is 0 Å². The number of nitrogens with zero attached hydrogens (tertiary/aromatic N) is 3. The van der Waals surface area contributed by atoms with Crippen LogP contribution in [0.25, 0.3) is 16.8 Å². The van der Waals surface area contributed by atoms with Gasteiger partial charge in [-0.25, -0.2) is 4.98 Å². The number of fused-ring (bicyclic) bond motifs is 2. The molecule has 0 spiro atoms. The van der Waals surface area contributed by atoms with Gasteiger partial charge < -0.3 is 10.2 Å². The highest BCUT2D eigenvalue weighted by Gasteiger charge is 2.16. The molecule has 3 aromatic carbocycles. The predicted molar refractivity (Wildman–Crippen MR) is 121 cm³/mol. The quantitative estimate of drug-likeness (QED) is 0.501. The maximum atomic E-state index is 4.80. The molecule has 2 heterocycles. The normalized spacial score (nSPS) is 12.8. The van der Waals surface area contributed by atoms with Gasteiger partial charge in [0.2, 0.25) is 5.95 Å². The summed E-state index contributed by atoms with van der Waals surface area (Å²) < 4.78 is 0. The molecule has 0 atom stereocenters. The first-order valence-corrected chi connectivity index (χ1v) is 9.93. The van der Waals surface area contributed by atoms with Crippen molar-refractivity contribution in [3.8, 4) is 0 Å². The van der Waals surface area contributed by atoms with Gasteiger partial charge in [0.1, 0.15) is 5.82 Å². The number of nitrogens with one attached hydrogen (secondary N) is 1. The molecule has 4 heteroatoms. The van der Waals surface area contributed by atoms with Crippen molar-refractivity contribution in [2.45, 2.75) is 6.42 Å². The van der Waals surface area contributed by atoms with E-state index in [1.807, 2.05) is 36.5 Å². The number of hydrogen-bond acceptors (Lipinski definition) is 4. The van der Waals surface area contributed by atoms with E-state index in [-0.39, 0.29) is 0 Å². The van der Waals surface area contributed by atoms with Crippen LogP contribution in [0, 0.1) is 0 Å². The first-order chi connectivity index (χ1) is 14.3. The molecule has 0 saturated carbocycles. The summed E-state index contributed by atoms with van der Waals surface area (Å²) in [5.41, 5.74) is 3.39. The molecular weight excluding hydrogens is 356 g/mol. The summed E-state index contributed by atoms with van der Waals surface area (Å²) >= 11 is 0. The highest BCUT2D eigenvalue weighted by Crippen LogP contribution is 2.26. The van der Waals surface area contributed by atoms with Crippen molar-refractivity contribution < 1.29 is 0 Å². The summed E-state index contributed by atoms with van der Waals surface area (Å²) in [7, 11) is 0. The van der Waals surface area contributed by atoms with Crippen LogP contribution in [-0.4, -0.2) is 23.1 Å². The van der Waals surface area contributed by atoms with Crippen molar-refractivity contribution in [2.24, 2.45) is 0 Å². The zero-order chi connectivity index (χ0) is 19.5. The summed E-state index contributed by atoms with van der Waals surface area (Å²) in [6.07, 6.45) is 7.15. The standard InChI is InChI=1S/C25H22N4/c1-2-10-23(11-3-1)27-25-26-18-22-9-6-15-29(24(22)28-25)16-14-19-12-13-20-7-4-5-8-21(20)17-19/h1-13,17-18H,14-16H2,(H,26,27,28). The van der Waals surface area contributed by atoms with E-state index in [4.69, 9.17) is 4.98 Å². The van der Waals surface area contributed by atoms with Crippen LogP contribution < -0.4 is 10.2 Å². The lowest BCUT2D eigenvalue weighted by atomic mass is 10.0. The molecule has 5 rings (SSSR count). The van der Waals surface area contributed by atoms with E-state index in [0.717, 1.165) is 36.6 Å². The van der Waals surface area contributed by atoms with Gasteiger partial charge >= 0.3 is 0 Å². The van der Waals surface area contributed by atoms with Gasteiger partial charge in [0.25, 0.3) is 0 Å². The fourth-order valence-corrected chi connectivity index (χ4v) is 3.71. The van der Waals surface area contributed by atoms with Gasteiger partial charge in [-0.1, -0.05) is 72.8 Å². The van der Waals surface area contributed by atoms with Gasteiger partial charge in [0, 0.05) is 30.5 Å². The first-order valence-electron chi connectivity index (χ1n) is 9.93. The van der Waals surface area contributed by atoms with Gasteiger partial charge in [0.15, 0.2) is 0 Å². The third kappa shape index (κ3) is 3.83. The predicted octanol–water partition coefficient (Wildman–Crippen LogP) is 5.45. The average molecular weight is 378 g/mol. The Balaban J connectivity index is 1.35. The topological polar surface area (TPSA) is 41.1 Å². The number of hydrogen-bond donors (Lipinski definition) is 1. The summed E-state index contributed by atoms with van der Waals surface area (Å²) in [6.45, 7) is 1.78. The Morgan fingerprint density at radius 3 is 2.62 bits per heavy atom. The second-order valence-electron chi connectivity index (χ2n) is 7.24. The molecule has 0 aliphatic carbocycles. The highest BCUT2D eigenvalue weighted by molar-refractivity contribution is 5.83. The van der Waals surface area contributed by atoms with Crippen molar-refractivity contribution in [3.63, 3.8) is 0 Å². The summed E-state index contributed by atoms with van der Waals surface area (Å²) in [5, 5.41) is 5.87. The van der Waals surface area contributed by atoms with Crippen molar-refractivity contribution in [1.82, 2.24) is 9.97 Å². The minimum absolute atomic E-state index is 0.626. The Morgan fingerprint density at radius 1 is 0.897 bits per heavy atom. The van der Waals surface area contributed by atoms with Crippen LogP contribution >= 0.6 is 0 Å². The maximum Gasteiger partial charge on any atom is 0.229 e. The van der Waals surface area contributed by atoms with Gasteiger partial charge in [-0.15, -0.1) is 0 Å². The monoisotopic (exact) mass is 378 g/mol. The zero-order valence-electron chi connectivity index (χ0n) is 16.1. The lowest BCUT2D eigenvalue weighted by Crippen LogP contribution is -2.29. The Labute approximate surface area is 170 Å². The second-order valence-corrected chi connectivity index (χ2v) is 7.24. The van der Waals surface area contributed by atoms with Crippen molar-refractivity contribution in [2.75, 3.05) is 23.3 Å². The Bertz CT molecular complexity index is 1170. The molecule has 142 valence electrons. The molecule has 1 aliphatic rings. The maximum absolute atomic E-state index is 4.80. The molecule has 1 aliphatic heterocycles. The summed E-state index contributed by atoms with van der Waals surface area (Å²) in [4.78, 5) is 11.6. The molecule has 4 aromatic rings. The van der Waals surface area contributed by atoms with Crippen LogP contribution in [0.15, 0.2) is 85.1 Å². The van der Waals surface area contributed by atoms with E-state index in [0.29, 0.717) is 5.95 Å². The minimum atomic E-state index is 0.626. The first kappa shape index (κ1) is 17.4. The molecule has 0 unspecified atom stereocenters. The van der Waals surface area contributed by atoms with Crippen molar-refractivity contribution in [1.29, 1.82) is 0 Å². The van der Waals surface area contributed by atoms with E-state index in [1.54, 1.807) is 0 Å². The van der Waals surface area contributed by atoms with Crippen LogP contribution in [0.1, 0.15) is 11.1 Å². The van der Waals surface area contributed by atoms with Crippen LogP contribution in [0.2, 0.25) is 0 Å². The fraction of sp³-hybridized carbons (Fsp3) is 0.120. The second kappa shape index (κ2) is 7.76. The third-order valence-corrected chi connectivity index (χ3v) is 5.23. The van der Waals surface area contributed by atoms with Gasteiger partial charge in [-0.05, 0) is 34.9 Å². The lowest BCUT2D eigenvalue weighted by Gasteiger charge is -2.27. The molecule has 0 amide bonds. The van der Waals surface area contributed by atoms with Crippen LogP contribution in [-0.2, 0) is 6.42 Å². The Hall–Kier alpha value is -3.66. The van der Waals surface area contributed by atoms with Crippen LogP contribution in [0.3, 0.4) is 0 Å². The van der Waals surface area contributed by atoms with E-state index < -0.39 is 0 Å². The summed E-state index contributed by atoms with van der Waals surface area (Å²) in [6, 6.07) is 25.3. The van der Waals surface area contributed by atoms with Crippen molar-refractivity contribution in [3.05, 3.63) is 96.2 Å². The number of para-hydroxylation sites is 1. The zero-order valence-corrected chi connectivity index (χ0v) is 16.1. The molecule has 29 heavy (non-hydrogen) atoms. The molecular formula is C25H22N4. The van der Waals surface area contributed by atoms with Crippen LogP contribution in [0.4, 0.5) is 17.5 Å².